The minimum Gasteiger partial charge on any atom is -0.494 e. The van der Waals surface area contributed by atoms with Crippen molar-refractivity contribution < 1.29 is 23.9 Å². The smallest absolute Gasteiger partial charge is 0.343 e. The predicted octanol–water partition coefficient (Wildman–Crippen LogP) is 10.5. The van der Waals surface area contributed by atoms with E-state index in [1.165, 1.54) is 37.4 Å². The number of carbonyl (C=O) groups is 1. The summed E-state index contributed by atoms with van der Waals surface area (Å²) < 4.78 is 17.3. The van der Waals surface area contributed by atoms with Gasteiger partial charge in [0.2, 0.25) is 0 Å². The molecule has 0 amide bonds. The summed E-state index contributed by atoms with van der Waals surface area (Å²) >= 11 is 0. The molecule has 0 aliphatic heterocycles. The highest BCUT2D eigenvalue weighted by atomic mass is 28.3. The summed E-state index contributed by atoms with van der Waals surface area (Å²) in [6, 6.07) is 21.7. The molecule has 3 rings (SSSR count). The summed E-state index contributed by atoms with van der Waals surface area (Å²) in [5, 5.41) is 11.8. The number of unbranched alkanes of at least 4 members (excludes halogenated alkanes) is 5. The molecule has 0 aromatic heterocycles. The highest BCUT2D eigenvalue weighted by Crippen LogP contribution is 2.34. The summed E-state index contributed by atoms with van der Waals surface area (Å²) in [4.78, 5) is 24.1. The molecule has 0 aliphatic carbocycles. The van der Waals surface area contributed by atoms with Crippen LogP contribution in [0.4, 0.5) is 5.69 Å². The molecular formula is C36H49NO6Si. The predicted molar refractivity (Wildman–Crippen MR) is 181 cm³/mol. The summed E-state index contributed by atoms with van der Waals surface area (Å²) in [7, 11) is -0.964. The maximum absolute atomic E-state index is 12.7. The number of nitro benzene ring substituents is 1. The van der Waals surface area contributed by atoms with Crippen LogP contribution in [0, 0.1) is 10.1 Å². The van der Waals surface area contributed by atoms with Crippen LogP contribution < -0.4 is 14.2 Å². The zero-order valence-electron chi connectivity index (χ0n) is 27.1. The van der Waals surface area contributed by atoms with Crippen molar-refractivity contribution in [1.82, 2.24) is 0 Å². The van der Waals surface area contributed by atoms with Crippen molar-refractivity contribution in [1.29, 1.82) is 0 Å². The fraction of sp³-hybridized carbons (Fsp3) is 0.472. The SMILES string of the molecule is CCCCCC(C)Oc1ccc(-c2ccc(OC(=O)c3ccc(OCCCCCC[Si](C)(C)CC)cc3)cc2)cc1[N+](=O)[O-]. The third-order valence-electron chi connectivity index (χ3n) is 8.16. The second kappa shape index (κ2) is 17.6. The Kier molecular flexibility index (Phi) is 13.9. The number of esters is 1. The standard InChI is InChI=1S/C36H49NO6Si/c1-6-8-11-14-28(3)42-35-24-19-31(27-34(35)37(39)40)29-15-22-33(23-16-29)43-36(38)30-17-20-32(21-18-30)41-25-12-9-10-13-26-44(4,5)7-2/h15-24,27-28H,6-14,25-26H2,1-5H3. The Hall–Kier alpha value is -3.65. The van der Waals surface area contributed by atoms with Crippen LogP contribution in [0.5, 0.6) is 17.2 Å². The van der Waals surface area contributed by atoms with Gasteiger partial charge in [-0.05, 0) is 79.8 Å². The Morgan fingerprint density at radius 1 is 0.841 bits per heavy atom. The average Bonchev–Trinajstić information content (AvgIpc) is 3.01. The summed E-state index contributed by atoms with van der Waals surface area (Å²) in [5.74, 6) is 0.933. The second-order valence-corrected chi connectivity index (χ2v) is 17.9. The Morgan fingerprint density at radius 2 is 1.50 bits per heavy atom. The molecule has 0 radical (unpaired) electrons. The molecule has 1 unspecified atom stereocenters. The highest BCUT2D eigenvalue weighted by Gasteiger charge is 2.19. The van der Waals surface area contributed by atoms with Gasteiger partial charge in [0.15, 0.2) is 5.75 Å². The van der Waals surface area contributed by atoms with Gasteiger partial charge in [-0.15, -0.1) is 0 Å². The van der Waals surface area contributed by atoms with Gasteiger partial charge in [0.05, 0.1) is 23.2 Å². The van der Waals surface area contributed by atoms with Gasteiger partial charge in [0.25, 0.3) is 0 Å². The third kappa shape index (κ3) is 11.4. The first-order valence-electron chi connectivity index (χ1n) is 16.1. The minimum absolute atomic E-state index is 0.0688. The van der Waals surface area contributed by atoms with E-state index in [1.54, 1.807) is 60.7 Å². The van der Waals surface area contributed by atoms with E-state index in [0.717, 1.165) is 43.4 Å². The Bertz CT molecular complexity index is 1320. The molecule has 0 spiro atoms. The number of carbonyl (C=O) groups excluding carboxylic acids is 1. The van der Waals surface area contributed by atoms with Crippen LogP contribution in [0.25, 0.3) is 11.1 Å². The van der Waals surface area contributed by atoms with Crippen LogP contribution >= 0.6 is 0 Å². The first-order chi connectivity index (χ1) is 21.1. The summed E-state index contributed by atoms with van der Waals surface area (Å²) in [6.07, 6.45) is 8.77. The average molecular weight is 620 g/mol. The first-order valence-corrected chi connectivity index (χ1v) is 19.5. The molecule has 3 aromatic carbocycles. The van der Waals surface area contributed by atoms with Crippen molar-refractivity contribution in [3.05, 3.63) is 82.4 Å². The van der Waals surface area contributed by atoms with Gasteiger partial charge >= 0.3 is 11.7 Å². The molecule has 1 atom stereocenters. The lowest BCUT2D eigenvalue weighted by atomic mass is 10.0. The van der Waals surface area contributed by atoms with E-state index in [9.17, 15) is 14.9 Å². The van der Waals surface area contributed by atoms with E-state index in [2.05, 4.69) is 26.9 Å². The van der Waals surface area contributed by atoms with Gasteiger partial charge < -0.3 is 14.2 Å². The van der Waals surface area contributed by atoms with Gasteiger partial charge in [-0.2, -0.15) is 0 Å². The lowest BCUT2D eigenvalue weighted by Gasteiger charge is -2.19. The van der Waals surface area contributed by atoms with E-state index >= 15 is 0 Å². The molecule has 44 heavy (non-hydrogen) atoms. The second-order valence-electron chi connectivity index (χ2n) is 12.3. The molecule has 0 fully saturated rings. The number of ether oxygens (including phenoxy) is 3. The van der Waals surface area contributed by atoms with Crippen molar-refractivity contribution in [3.8, 4) is 28.4 Å². The fourth-order valence-electron chi connectivity index (χ4n) is 4.89. The van der Waals surface area contributed by atoms with E-state index < -0.39 is 19.0 Å². The number of nitrogens with zero attached hydrogens (tertiary/aromatic N) is 1. The van der Waals surface area contributed by atoms with Crippen LogP contribution in [0.2, 0.25) is 25.2 Å². The Labute approximate surface area is 264 Å². The maximum Gasteiger partial charge on any atom is 0.343 e. The van der Waals surface area contributed by atoms with Crippen LogP contribution in [0.15, 0.2) is 66.7 Å². The molecular weight excluding hydrogens is 570 g/mol. The number of benzene rings is 3. The lowest BCUT2D eigenvalue weighted by Crippen LogP contribution is -2.22. The van der Waals surface area contributed by atoms with E-state index in [4.69, 9.17) is 14.2 Å². The highest BCUT2D eigenvalue weighted by molar-refractivity contribution is 6.77. The molecule has 0 bridgehead atoms. The minimum atomic E-state index is -0.964. The number of nitro groups is 1. The quantitative estimate of drug-likeness (QED) is 0.0331. The molecule has 8 heteroatoms. The van der Waals surface area contributed by atoms with Crippen LogP contribution in [-0.2, 0) is 0 Å². The van der Waals surface area contributed by atoms with E-state index in [0.29, 0.717) is 23.5 Å². The molecule has 0 aliphatic rings. The normalized spacial score (nSPS) is 12.0. The van der Waals surface area contributed by atoms with Crippen LogP contribution in [0.3, 0.4) is 0 Å². The first kappa shape index (κ1) is 34.8. The summed E-state index contributed by atoms with van der Waals surface area (Å²) in [6.45, 7) is 12.0. The molecule has 3 aromatic rings. The number of hydrogen-bond donors (Lipinski definition) is 0. The molecule has 0 saturated carbocycles. The largest absolute Gasteiger partial charge is 0.494 e. The van der Waals surface area contributed by atoms with Gasteiger partial charge in [-0.3, -0.25) is 10.1 Å². The van der Waals surface area contributed by atoms with Crippen molar-refractivity contribution >= 4 is 19.7 Å². The van der Waals surface area contributed by atoms with Crippen molar-refractivity contribution in [2.75, 3.05) is 6.61 Å². The monoisotopic (exact) mass is 619 g/mol. The molecule has 7 nitrogen and oxygen atoms in total. The zero-order valence-corrected chi connectivity index (χ0v) is 28.1. The summed E-state index contributed by atoms with van der Waals surface area (Å²) in [5.41, 5.74) is 1.81. The van der Waals surface area contributed by atoms with Crippen LogP contribution in [0.1, 0.15) is 82.5 Å². The zero-order chi connectivity index (χ0) is 32.0. The van der Waals surface area contributed by atoms with Gasteiger partial charge in [0.1, 0.15) is 11.5 Å². The third-order valence-corrected chi connectivity index (χ3v) is 11.8. The molecule has 238 valence electrons. The van der Waals surface area contributed by atoms with Crippen LogP contribution in [-0.4, -0.2) is 31.7 Å². The number of hydrogen-bond acceptors (Lipinski definition) is 6. The number of rotatable bonds is 19. The molecule has 0 heterocycles. The topological polar surface area (TPSA) is 87.9 Å². The van der Waals surface area contributed by atoms with Crippen molar-refractivity contribution in [2.24, 2.45) is 0 Å². The van der Waals surface area contributed by atoms with Crippen molar-refractivity contribution in [3.63, 3.8) is 0 Å². The maximum atomic E-state index is 12.7. The van der Waals surface area contributed by atoms with Crippen molar-refractivity contribution in [2.45, 2.75) is 103 Å². The molecule has 0 N–H and O–H groups in total. The van der Waals surface area contributed by atoms with Gasteiger partial charge in [0, 0.05) is 14.1 Å². The van der Waals surface area contributed by atoms with Gasteiger partial charge in [-0.1, -0.05) is 89.3 Å². The van der Waals surface area contributed by atoms with E-state index in [-0.39, 0.29) is 17.5 Å². The lowest BCUT2D eigenvalue weighted by molar-refractivity contribution is -0.386. The molecule has 0 saturated heterocycles. The van der Waals surface area contributed by atoms with E-state index in [1.807, 2.05) is 6.92 Å². The Balaban J connectivity index is 1.49. The Morgan fingerprint density at radius 3 is 2.16 bits per heavy atom. The fourth-order valence-corrected chi connectivity index (χ4v) is 6.45. The van der Waals surface area contributed by atoms with Gasteiger partial charge in [-0.25, -0.2) is 4.79 Å².